The lowest BCUT2D eigenvalue weighted by Crippen LogP contribution is -2.12. The van der Waals surface area contributed by atoms with Gasteiger partial charge in [-0.25, -0.2) is 0 Å². The predicted octanol–water partition coefficient (Wildman–Crippen LogP) is 1.77. The molecule has 16 heavy (non-hydrogen) atoms. The Labute approximate surface area is 92.6 Å². The number of aromatic nitrogens is 1. The number of rotatable bonds is 3. The van der Waals surface area contributed by atoms with Gasteiger partial charge in [-0.15, -0.1) is 0 Å². The van der Waals surface area contributed by atoms with E-state index in [4.69, 9.17) is 5.73 Å². The third kappa shape index (κ3) is 4.71. The molecule has 86 valence electrons. The number of nitrogens with zero attached hydrogens (tertiary/aromatic N) is 1. The van der Waals surface area contributed by atoms with Gasteiger partial charge in [0.25, 0.3) is 0 Å². The quantitative estimate of drug-likeness (QED) is 0.799. The second kappa shape index (κ2) is 6.03. The van der Waals surface area contributed by atoms with Crippen molar-refractivity contribution in [1.29, 1.82) is 0 Å². The van der Waals surface area contributed by atoms with Crippen LogP contribution in [0.25, 0.3) is 0 Å². The van der Waals surface area contributed by atoms with Gasteiger partial charge in [0, 0.05) is 24.2 Å². The molecule has 0 bridgehead atoms. The highest BCUT2D eigenvalue weighted by molar-refractivity contribution is 5.36. The fourth-order valence-corrected chi connectivity index (χ4v) is 0.969. The molecule has 0 saturated heterocycles. The van der Waals surface area contributed by atoms with Crippen molar-refractivity contribution in [1.82, 2.24) is 4.98 Å². The van der Waals surface area contributed by atoms with E-state index in [1.165, 1.54) is 18.5 Å². The fraction of sp³-hybridized carbons (Fsp3) is 0.364. The number of pyridine rings is 1. The molecular weight excluding hydrogens is 214 g/mol. The summed E-state index contributed by atoms with van der Waals surface area (Å²) in [5.74, 6) is 5.60. The lowest BCUT2D eigenvalue weighted by atomic mass is 10.2. The van der Waals surface area contributed by atoms with Gasteiger partial charge in [0.1, 0.15) is 5.75 Å². The Balaban J connectivity index is 2.69. The van der Waals surface area contributed by atoms with Crippen LogP contribution < -0.4 is 10.5 Å². The zero-order valence-corrected chi connectivity index (χ0v) is 8.78. The Hall–Kier alpha value is -1.67. The second-order valence-corrected chi connectivity index (χ2v) is 3.27. The average Bonchev–Trinajstić information content (AvgIpc) is 2.16. The summed E-state index contributed by atoms with van der Waals surface area (Å²) in [6.07, 6.45) is 3.23. The van der Waals surface area contributed by atoms with Gasteiger partial charge >= 0.3 is 6.61 Å². The first kappa shape index (κ1) is 12.4. The monoisotopic (exact) mass is 226 g/mol. The van der Waals surface area contributed by atoms with E-state index in [9.17, 15) is 8.78 Å². The molecule has 1 rings (SSSR count). The molecule has 0 radical (unpaired) electrons. The van der Waals surface area contributed by atoms with Crippen molar-refractivity contribution in [2.75, 3.05) is 0 Å². The molecule has 0 amide bonds. The first-order chi connectivity index (χ1) is 7.58. The maximum Gasteiger partial charge on any atom is 0.387 e. The maximum absolute atomic E-state index is 11.9. The molecule has 0 spiro atoms. The molecule has 0 fully saturated rings. The minimum atomic E-state index is -2.85. The summed E-state index contributed by atoms with van der Waals surface area (Å²) in [5.41, 5.74) is 6.04. The topological polar surface area (TPSA) is 48.1 Å². The Morgan fingerprint density at radius 2 is 2.25 bits per heavy atom. The number of alkyl halides is 2. The molecule has 1 heterocycles. The van der Waals surface area contributed by atoms with Crippen molar-refractivity contribution < 1.29 is 13.5 Å². The summed E-state index contributed by atoms with van der Waals surface area (Å²) >= 11 is 0. The van der Waals surface area contributed by atoms with Crippen LogP contribution in [-0.4, -0.2) is 17.6 Å². The van der Waals surface area contributed by atoms with Crippen LogP contribution in [0.4, 0.5) is 8.78 Å². The van der Waals surface area contributed by atoms with E-state index in [1.54, 1.807) is 0 Å². The van der Waals surface area contributed by atoms with Gasteiger partial charge < -0.3 is 10.5 Å². The molecule has 5 heteroatoms. The minimum absolute atomic E-state index is 0.00240. The summed E-state index contributed by atoms with van der Waals surface area (Å²) < 4.78 is 28.0. The number of hydrogen-bond acceptors (Lipinski definition) is 3. The third-order valence-corrected chi connectivity index (χ3v) is 1.60. The fourth-order valence-electron chi connectivity index (χ4n) is 0.969. The molecule has 0 aromatic carbocycles. The van der Waals surface area contributed by atoms with Gasteiger partial charge in [0.2, 0.25) is 0 Å². The van der Waals surface area contributed by atoms with Crippen LogP contribution in [0.2, 0.25) is 0 Å². The largest absolute Gasteiger partial charge is 0.433 e. The van der Waals surface area contributed by atoms with E-state index in [2.05, 4.69) is 21.6 Å². The zero-order chi connectivity index (χ0) is 12.0. The minimum Gasteiger partial charge on any atom is -0.433 e. The zero-order valence-electron chi connectivity index (χ0n) is 8.78. The Bertz CT molecular complexity index is 396. The van der Waals surface area contributed by atoms with Crippen molar-refractivity contribution in [3.05, 3.63) is 24.0 Å². The Morgan fingerprint density at radius 3 is 2.88 bits per heavy atom. The summed E-state index contributed by atoms with van der Waals surface area (Å²) in [6.45, 7) is -1.02. The van der Waals surface area contributed by atoms with Gasteiger partial charge in [-0.05, 0) is 13.0 Å². The highest BCUT2D eigenvalue weighted by atomic mass is 19.3. The average molecular weight is 226 g/mol. The maximum atomic E-state index is 11.9. The molecule has 0 aliphatic carbocycles. The Morgan fingerprint density at radius 1 is 1.50 bits per heavy atom. The van der Waals surface area contributed by atoms with Gasteiger partial charge in [0.05, 0.1) is 6.20 Å². The highest BCUT2D eigenvalue weighted by Crippen LogP contribution is 2.13. The van der Waals surface area contributed by atoms with Crippen LogP contribution in [-0.2, 0) is 0 Å². The summed E-state index contributed by atoms with van der Waals surface area (Å²) in [4.78, 5) is 3.74. The summed E-state index contributed by atoms with van der Waals surface area (Å²) in [5, 5.41) is 0. The molecule has 1 atom stereocenters. The van der Waals surface area contributed by atoms with E-state index in [0.29, 0.717) is 12.0 Å². The number of halogens is 2. The predicted molar refractivity (Wildman–Crippen MR) is 56.0 cm³/mol. The smallest absolute Gasteiger partial charge is 0.387 e. The Kier molecular flexibility index (Phi) is 4.67. The molecular formula is C11H12F2N2O. The van der Waals surface area contributed by atoms with Gasteiger partial charge in [0.15, 0.2) is 0 Å². The van der Waals surface area contributed by atoms with Gasteiger partial charge in [-0.2, -0.15) is 8.78 Å². The van der Waals surface area contributed by atoms with Gasteiger partial charge in [-0.3, -0.25) is 4.98 Å². The van der Waals surface area contributed by atoms with Crippen molar-refractivity contribution in [2.24, 2.45) is 5.73 Å². The van der Waals surface area contributed by atoms with Crippen molar-refractivity contribution >= 4 is 0 Å². The molecule has 2 N–H and O–H groups in total. The van der Waals surface area contributed by atoms with Gasteiger partial charge in [-0.1, -0.05) is 11.8 Å². The molecule has 0 aliphatic rings. The highest BCUT2D eigenvalue weighted by Gasteiger charge is 2.04. The first-order valence-corrected chi connectivity index (χ1v) is 4.72. The van der Waals surface area contributed by atoms with Crippen LogP contribution in [0.1, 0.15) is 18.9 Å². The molecule has 3 nitrogen and oxygen atoms in total. The third-order valence-electron chi connectivity index (χ3n) is 1.60. The standard InChI is InChI=1S/C11H12F2N2O/c1-8(14)3-2-4-9-5-10(7-15-6-9)16-11(12)13/h5-8,11H,3,14H2,1H3/t8-/m0/s1. The molecule has 0 saturated carbocycles. The van der Waals surface area contributed by atoms with Crippen molar-refractivity contribution in [2.45, 2.75) is 26.0 Å². The first-order valence-electron chi connectivity index (χ1n) is 4.72. The van der Waals surface area contributed by atoms with Crippen molar-refractivity contribution in [3.8, 4) is 17.6 Å². The normalized spacial score (nSPS) is 11.8. The van der Waals surface area contributed by atoms with E-state index in [0.717, 1.165) is 0 Å². The lowest BCUT2D eigenvalue weighted by Gasteiger charge is -2.02. The SMILES string of the molecule is C[C@H](N)CC#Cc1cncc(OC(F)F)c1. The van der Waals surface area contributed by atoms with Crippen LogP contribution in [0.5, 0.6) is 5.75 Å². The van der Waals surface area contributed by atoms with E-state index < -0.39 is 6.61 Å². The molecule has 1 aromatic heterocycles. The summed E-state index contributed by atoms with van der Waals surface area (Å²) in [7, 11) is 0. The number of hydrogen-bond donors (Lipinski definition) is 1. The molecule has 0 unspecified atom stereocenters. The van der Waals surface area contributed by atoms with Crippen LogP contribution in [0.3, 0.4) is 0 Å². The molecule has 1 aromatic rings. The number of ether oxygens (including phenoxy) is 1. The second-order valence-electron chi connectivity index (χ2n) is 3.27. The van der Waals surface area contributed by atoms with E-state index >= 15 is 0 Å². The van der Waals surface area contributed by atoms with Crippen LogP contribution in [0, 0.1) is 11.8 Å². The van der Waals surface area contributed by atoms with Crippen LogP contribution in [0.15, 0.2) is 18.5 Å². The number of nitrogens with two attached hydrogens (primary N) is 1. The van der Waals surface area contributed by atoms with Crippen molar-refractivity contribution in [3.63, 3.8) is 0 Å². The van der Waals surface area contributed by atoms with E-state index in [1.807, 2.05) is 6.92 Å². The summed E-state index contributed by atoms with van der Waals surface area (Å²) in [6, 6.07) is 1.40. The van der Waals surface area contributed by atoms with E-state index in [-0.39, 0.29) is 11.8 Å². The van der Waals surface area contributed by atoms with Crippen LogP contribution >= 0.6 is 0 Å². The molecule has 0 aliphatic heterocycles. The lowest BCUT2D eigenvalue weighted by molar-refractivity contribution is -0.0500.